The highest BCUT2D eigenvalue weighted by molar-refractivity contribution is 6.31. The van der Waals surface area contributed by atoms with E-state index in [0.717, 1.165) is 67.0 Å². The summed E-state index contributed by atoms with van der Waals surface area (Å²) < 4.78 is 0. The van der Waals surface area contributed by atoms with E-state index >= 15 is 0 Å². The second-order valence-corrected chi connectivity index (χ2v) is 15.8. The molecule has 52 heavy (non-hydrogen) atoms. The fourth-order valence-electron chi connectivity index (χ4n) is 6.62. The number of hydrogen-bond donors (Lipinski definition) is 0. The van der Waals surface area contributed by atoms with Gasteiger partial charge in [0.25, 0.3) is 0 Å². The van der Waals surface area contributed by atoms with Crippen molar-refractivity contribution < 1.29 is 0 Å². The van der Waals surface area contributed by atoms with Crippen molar-refractivity contribution in [2.24, 2.45) is 0 Å². The van der Waals surface area contributed by atoms with Gasteiger partial charge in [0.05, 0.1) is 11.4 Å². The maximum Gasteiger partial charge on any atom is 0.0704 e. The van der Waals surface area contributed by atoms with Crippen LogP contribution >= 0.6 is 11.6 Å². The molecule has 0 spiro atoms. The summed E-state index contributed by atoms with van der Waals surface area (Å²) in [5, 5.41) is 0.701. The van der Waals surface area contributed by atoms with Crippen molar-refractivity contribution in [1.29, 1.82) is 0 Å². The third-order valence-corrected chi connectivity index (χ3v) is 9.83. The van der Waals surface area contributed by atoms with E-state index in [0.29, 0.717) is 5.02 Å². The smallest absolute Gasteiger partial charge is 0.0704 e. The lowest BCUT2D eigenvalue weighted by molar-refractivity contribution is 0.589. The molecule has 2 aromatic heterocycles. The number of hydrogen-bond acceptors (Lipinski definition) is 2. The Labute approximate surface area is 315 Å². The fourth-order valence-corrected chi connectivity index (χ4v) is 6.86. The van der Waals surface area contributed by atoms with Crippen LogP contribution in [0.2, 0.25) is 5.02 Å². The van der Waals surface area contributed by atoms with E-state index in [1.807, 2.05) is 12.4 Å². The highest BCUT2D eigenvalue weighted by Crippen LogP contribution is 2.40. The first-order chi connectivity index (χ1) is 24.4. The highest BCUT2D eigenvalue weighted by atomic mass is 35.5. The first-order valence-corrected chi connectivity index (χ1v) is 18.0. The van der Waals surface area contributed by atoms with Crippen molar-refractivity contribution in [2.75, 3.05) is 0 Å². The van der Waals surface area contributed by atoms with Crippen molar-refractivity contribution in [1.82, 2.24) is 9.97 Å². The maximum absolute atomic E-state index is 6.90. The van der Waals surface area contributed by atoms with Crippen molar-refractivity contribution in [3.8, 4) is 67.0 Å². The molecule has 0 bridgehead atoms. The molecule has 0 N–H and O–H groups in total. The summed E-state index contributed by atoms with van der Waals surface area (Å²) in [5.41, 5.74) is 15.9. The number of halogens is 1. The van der Waals surface area contributed by atoms with Crippen LogP contribution in [0.25, 0.3) is 67.0 Å². The SMILES string of the molecule is C.CC(C)(C)c1ccnc(-c2ccc(-c3ccccc3-c3cc(Cl)cc(-c4ccccc4-c4ccc(-c5cc(C(C)(C)C)ccn5)cc4)c3)cc2)c1. The number of rotatable bonds is 6. The van der Waals surface area contributed by atoms with Gasteiger partial charge in [-0.05, 0) is 109 Å². The minimum Gasteiger partial charge on any atom is -0.256 e. The van der Waals surface area contributed by atoms with Gasteiger partial charge in [-0.1, -0.05) is 158 Å². The van der Waals surface area contributed by atoms with Crippen LogP contribution < -0.4 is 0 Å². The van der Waals surface area contributed by atoms with Crippen molar-refractivity contribution in [2.45, 2.75) is 59.8 Å². The van der Waals surface area contributed by atoms with Crippen molar-refractivity contribution in [3.63, 3.8) is 0 Å². The van der Waals surface area contributed by atoms with E-state index in [9.17, 15) is 0 Å². The number of pyridine rings is 2. The van der Waals surface area contributed by atoms with Gasteiger partial charge >= 0.3 is 0 Å². The molecule has 0 atom stereocenters. The van der Waals surface area contributed by atoms with Crippen molar-refractivity contribution >= 4 is 11.6 Å². The normalized spacial score (nSPS) is 11.6. The first kappa shape index (κ1) is 36.5. The molecule has 0 amide bonds. The Kier molecular flexibility index (Phi) is 10.3. The Hall–Kier alpha value is -5.31. The average Bonchev–Trinajstić information content (AvgIpc) is 3.14. The molecule has 2 heterocycles. The highest BCUT2D eigenvalue weighted by Gasteiger charge is 2.17. The number of aromatic nitrogens is 2. The first-order valence-electron chi connectivity index (χ1n) is 17.6. The second-order valence-electron chi connectivity index (χ2n) is 15.3. The quantitative estimate of drug-likeness (QED) is 0.173. The monoisotopic (exact) mass is 698 g/mol. The summed E-state index contributed by atoms with van der Waals surface area (Å²) in [6, 6.07) is 49.6. The third kappa shape index (κ3) is 7.78. The zero-order valence-corrected chi connectivity index (χ0v) is 31.0. The number of benzene rings is 5. The largest absolute Gasteiger partial charge is 0.256 e. The summed E-state index contributed by atoms with van der Waals surface area (Å²) in [5.74, 6) is 0. The van der Waals surface area contributed by atoms with Crippen LogP contribution in [-0.2, 0) is 10.8 Å². The predicted molar refractivity (Wildman–Crippen MR) is 224 cm³/mol. The molecule has 0 saturated heterocycles. The van der Waals surface area contributed by atoms with Gasteiger partial charge in [0.15, 0.2) is 0 Å². The lowest BCUT2D eigenvalue weighted by atomic mass is 9.86. The van der Waals surface area contributed by atoms with Gasteiger partial charge in [0, 0.05) is 28.5 Å². The third-order valence-electron chi connectivity index (χ3n) is 9.61. The van der Waals surface area contributed by atoms with Gasteiger partial charge in [0.2, 0.25) is 0 Å². The molecule has 0 unspecified atom stereocenters. The Morgan fingerprint density at radius 1 is 0.385 bits per heavy atom. The van der Waals surface area contributed by atoms with E-state index in [-0.39, 0.29) is 18.3 Å². The molecule has 2 nitrogen and oxygen atoms in total. The molecule has 0 saturated carbocycles. The lowest BCUT2D eigenvalue weighted by Gasteiger charge is -2.19. The molecule has 0 fully saturated rings. The molecule has 5 aromatic carbocycles. The fraction of sp³-hybridized carbons (Fsp3) is 0.184. The lowest BCUT2D eigenvalue weighted by Crippen LogP contribution is -2.11. The van der Waals surface area contributed by atoms with Gasteiger partial charge in [-0.15, -0.1) is 0 Å². The van der Waals surface area contributed by atoms with Gasteiger partial charge in [-0.2, -0.15) is 0 Å². The molecule has 0 aliphatic rings. The minimum absolute atomic E-state index is 0. The molecule has 7 aromatic rings. The Balaban J connectivity index is 0.00000464. The molecular weight excluding hydrogens is 652 g/mol. The minimum atomic E-state index is 0. The van der Waals surface area contributed by atoms with Gasteiger partial charge in [-0.25, -0.2) is 0 Å². The summed E-state index contributed by atoms with van der Waals surface area (Å²) in [6.07, 6.45) is 3.82. The van der Waals surface area contributed by atoms with Crippen molar-refractivity contribution in [3.05, 3.63) is 168 Å². The molecule has 0 aliphatic carbocycles. The molecule has 0 radical (unpaired) electrons. The molecule has 7 rings (SSSR count). The predicted octanol–water partition coefficient (Wildman–Crippen LogP) is 14.4. The second kappa shape index (κ2) is 14.7. The maximum atomic E-state index is 6.90. The van der Waals surface area contributed by atoms with E-state index < -0.39 is 0 Å². The zero-order chi connectivity index (χ0) is 35.8. The van der Waals surface area contributed by atoms with Gasteiger partial charge < -0.3 is 0 Å². The molecular formula is C49H47ClN2. The molecule has 260 valence electrons. The number of nitrogens with zero attached hydrogens (tertiary/aromatic N) is 2. The van der Waals surface area contributed by atoms with E-state index in [1.165, 1.54) is 11.1 Å². The topological polar surface area (TPSA) is 25.8 Å². The molecule has 3 heteroatoms. The zero-order valence-electron chi connectivity index (χ0n) is 30.2. The Morgan fingerprint density at radius 2 is 0.712 bits per heavy atom. The average molecular weight is 699 g/mol. The molecule has 0 aliphatic heterocycles. The van der Waals surface area contributed by atoms with Crippen LogP contribution in [-0.4, -0.2) is 9.97 Å². The van der Waals surface area contributed by atoms with Crippen LogP contribution in [0.3, 0.4) is 0 Å². The van der Waals surface area contributed by atoms with E-state index in [1.54, 1.807) is 0 Å². The summed E-state index contributed by atoms with van der Waals surface area (Å²) in [4.78, 5) is 9.36. The van der Waals surface area contributed by atoms with Crippen LogP contribution in [0, 0.1) is 0 Å². The van der Waals surface area contributed by atoms with Crippen LogP contribution in [0.4, 0.5) is 0 Å². The van der Waals surface area contributed by atoms with Crippen LogP contribution in [0.5, 0.6) is 0 Å². The van der Waals surface area contributed by atoms with E-state index in [2.05, 4.69) is 191 Å². The van der Waals surface area contributed by atoms with Gasteiger partial charge in [-0.3, -0.25) is 9.97 Å². The summed E-state index contributed by atoms with van der Waals surface area (Å²) in [6.45, 7) is 13.4. The Morgan fingerprint density at radius 3 is 1.06 bits per heavy atom. The van der Waals surface area contributed by atoms with Gasteiger partial charge in [0.1, 0.15) is 0 Å². The standard InChI is InChI=1S/C48H43ClN2.CH4/c1-47(2,3)38-23-25-50-45(30-38)34-19-15-32(16-20-34)41-11-7-9-13-43(41)36-27-37(29-40(49)28-36)44-14-10-8-12-42(44)33-17-21-35(22-18-33)46-31-39(24-26-51-46)48(4,5)6;/h7-31H,1-6H3;1H4. The van der Waals surface area contributed by atoms with Crippen LogP contribution in [0.1, 0.15) is 60.1 Å². The summed E-state index contributed by atoms with van der Waals surface area (Å²) >= 11 is 6.90. The Bertz CT molecular complexity index is 2160. The van der Waals surface area contributed by atoms with E-state index in [4.69, 9.17) is 11.6 Å². The van der Waals surface area contributed by atoms with Crippen LogP contribution in [0.15, 0.2) is 152 Å². The summed E-state index contributed by atoms with van der Waals surface area (Å²) in [7, 11) is 0.